The first-order valence-electron chi connectivity index (χ1n) is 5.27. The molecule has 0 aliphatic rings. The first-order chi connectivity index (χ1) is 8.79. The zero-order valence-corrected chi connectivity index (χ0v) is 9.76. The van der Waals surface area contributed by atoms with Crippen LogP contribution in [0.1, 0.15) is 10.4 Å². The van der Waals surface area contributed by atoms with Crippen LogP contribution in [0.2, 0.25) is 0 Å². The highest BCUT2D eigenvalue weighted by Gasteiger charge is 2.27. The van der Waals surface area contributed by atoms with Crippen LogP contribution >= 0.6 is 0 Å². The fourth-order valence-electron chi connectivity index (χ4n) is 1.20. The maximum absolute atomic E-state index is 13.1. The van der Waals surface area contributed by atoms with Gasteiger partial charge in [0.1, 0.15) is 12.4 Å². The number of hydrogen-bond donors (Lipinski definition) is 2. The van der Waals surface area contributed by atoms with E-state index in [0.717, 1.165) is 6.07 Å². The Balaban J connectivity index is 2.33. The summed E-state index contributed by atoms with van der Waals surface area (Å²) >= 11 is 0. The van der Waals surface area contributed by atoms with Crippen molar-refractivity contribution < 1.29 is 27.1 Å². The predicted molar refractivity (Wildman–Crippen MR) is 60.0 cm³/mol. The lowest BCUT2D eigenvalue weighted by Gasteiger charge is -2.08. The lowest BCUT2D eigenvalue weighted by molar-refractivity contribution is -0.173. The molecule has 0 aromatic heterocycles. The zero-order valence-electron chi connectivity index (χ0n) is 9.76. The van der Waals surface area contributed by atoms with E-state index in [4.69, 9.17) is 5.73 Å². The van der Waals surface area contributed by atoms with Crippen LogP contribution in [-0.4, -0.2) is 31.8 Å². The van der Waals surface area contributed by atoms with Gasteiger partial charge in [-0.05, 0) is 18.2 Å². The first-order valence-corrected chi connectivity index (χ1v) is 5.27. The quantitative estimate of drug-likeness (QED) is 0.490. The molecule has 0 saturated heterocycles. The number of alkyl halides is 3. The molecular formula is C11H12F4N2O2. The second-order valence-corrected chi connectivity index (χ2v) is 3.66. The van der Waals surface area contributed by atoms with E-state index in [0.29, 0.717) is 0 Å². The van der Waals surface area contributed by atoms with Crippen LogP contribution in [0, 0.1) is 5.82 Å². The van der Waals surface area contributed by atoms with Crippen LogP contribution < -0.4 is 11.1 Å². The Bertz CT molecular complexity index is 449. The molecule has 0 aliphatic carbocycles. The molecule has 0 atom stereocenters. The van der Waals surface area contributed by atoms with Crippen molar-refractivity contribution in [3.05, 3.63) is 29.6 Å². The van der Waals surface area contributed by atoms with Crippen LogP contribution in [0.4, 0.5) is 23.2 Å². The third kappa shape index (κ3) is 5.56. The summed E-state index contributed by atoms with van der Waals surface area (Å²) in [5.41, 5.74) is 5.17. The SMILES string of the molecule is Nc1ccc(C(=O)NCCOCC(F)(F)F)cc1F. The summed E-state index contributed by atoms with van der Waals surface area (Å²) in [6.07, 6.45) is -4.40. The number of nitrogens with one attached hydrogen (secondary N) is 1. The summed E-state index contributed by atoms with van der Waals surface area (Å²) in [4.78, 5) is 11.5. The summed E-state index contributed by atoms with van der Waals surface area (Å²) < 4.78 is 52.5. The van der Waals surface area contributed by atoms with Crippen LogP contribution in [0.5, 0.6) is 0 Å². The minimum atomic E-state index is -4.40. The Hall–Kier alpha value is -1.83. The van der Waals surface area contributed by atoms with Gasteiger partial charge in [-0.1, -0.05) is 0 Å². The number of benzene rings is 1. The van der Waals surface area contributed by atoms with Gasteiger partial charge in [-0.25, -0.2) is 4.39 Å². The Morgan fingerprint density at radius 2 is 2.05 bits per heavy atom. The first kappa shape index (κ1) is 15.2. The van der Waals surface area contributed by atoms with Crippen molar-refractivity contribution in [2.75, 3.05) is 25.5 Å². The summed E-state index contributed by atoms with van der Waals surface area (Å²) in [6, 6.07) is 3.48. The number of carbonyl (C=O) groups is 1. The highest BCUT2D eigenvalue weighted by molar-refractivity contribution is 5.94. The van der Waals surface area contributed by atoms with Crippen molar-refractivity contribution in [1.29, 1.82) is 0 Å². The van der Waals surface area contributed by atoms with Crippen molar-refractivity contribution in [2.45, 2.75) is 6.18 Å². The molecule has 1 rings (SSSR count). The van der Waals surface area contributed by atoms with Crippen LogP contribution in [0.25, 0.3) is 0 Å². The second-order valence-electron chi connectivity index (χ2n) is 3.66. The van der Waals surface area contributed by atoms with Gasteiger partial charge in [0.15, 0.2) is 0 Å². The molecule has 0 heterocycles. The largest absolute Gasteiger partial charge is 0.411 e. The number of nitrogens with two attached hydrogens (primary N) is 1. The van der Waals surface area contributed by atoms with E-state index in [9.17, 15) is 22.4 Å². The van der Waals surface area contributed by atoms with Gasteiger partial charge in [0, 0.05) is 12.1 Å². The zero-order chi connectivity index (χ0) is 14.5. The minimum Gasteiger partial charge on any atom is -0.396 e. The molecule has 4 nitrogen and oxygen atoms in total. The average Bonchev–Trinajstić information content (AvgIpc) is 2.30. The Labute approximate surface area is 106 Å². The molecule has 0 saturated carbocycles. The molecule has 1 amide bonds. The molecule has 0 unspecified atom stereocenters. The maximum atomic E-state index is 13.1. The van der Waals surface area contributed by atoms with E-state index >= 15 is 0 Å². The summed E-state index contributed by atoms with van der Waals surface area (Å²) in [7, 11) is 0. The van der Waals surface area contributed by atoms with E-state index < -0.39 is 24.5 Å². The molecular weight excluding hydrogens is 268 g/mol. The van der Waals surface area contributed by atoms with Crippen molar-refractivity contribution >= 4 is 11.6 Å². The molecule has 19 heavy (non-hydrogen) atoms. The number of carbonyl (C=O) groups excluding carboxylic acids is 1. The number of rotatable bonds is 5. The van der Waals surface area contributed by atoms with Crippen LogP contribution in [0.15, 0.2) is 18.2 Å². The molecule has 3 N–H and O–H groups in total. The predicted octanol–water partition coefficient (Wildman–Crippen LogP) is 1.72. The fraction of sp³-hybridized carbons (Fsp3) is 0.364. The van der Waals surface area contributed by atoms with Gasteiger partial charge in [-0.15, -0.1) is 0 Å². The molecule has 8 heteroatoms. The third-order valence-corrected chi connectivity index (χ3v) is 2.06. The highest BCUT2D eigenvalue weighted by atomic mass is 19.4. The second kappa shape index (κ2) is 6.37. The minimum absolute atomic E-state index is 0.0301. The van der Waals surface area contributed by atoms with Gasteiger partial charge in [0.2, 0.25) is 0 Å². The van der Waals surface area contributed by atoms with E-state index in [2.05, 4.69) is 10.1 Å². The van der Waals surface area contributed by atoms with E-state index in [1.165, 1.54) is 12.1 Å². The average molecular weight is 280 g/mol. The number of halogens is 4. The number of ether oxygens (including phenoxy) is 1. The monoisotopic (exact) mass is 280 g/mol. The third-order valence-electron chi connectivity index (χ3n) is 2.06. The smallest absolute Gasteiger partial charge is 0.396 e. The van der Waals surface area contributed by atoms with Gasteiger partial charge in [-0.3, -0.25) is 4.79 Å². The molecule has 0 aliphatic heterocycles. The van der Waals surface area contributed by atoms with Crippen molar-refractivity contribution in [2.24, 2.45) is 0 Å². The Morgan fingerprint density at radius 3 is 2.63 bits per heavy atom. The van der Waals surface area contributed by atoms with Crippen molar-refractivity contribution in [1.82, 2.24) is 5.32 Å². The number of anilines is 1. The molecule has 1 aromatic carbocycles. The van der Waals surface area contributed by atoms with E-state index in [1.54, 1.807) is 0 Å². The normalized spacial score (nSPS) is 11.4. The van der Waals surface area contributed by atoms with Crippen LogP contribution in [-0.2, 0) is 4.74 Å². The van der Waals surface area contributed by atoms with Crippen molar-refractivity contribution in [3.8, 4) is 0 Å². The van der Waals surface area contributed by atoms with Gasteiger partial charge in [0.05, 0.1) is 12.3 Å². The van der Waals surface area contributed by atoms with Gasteiger partial charge >= 0.3 is 6.18 Å². The van der Waals surface area contributed by atoms with Crippen LogP contribution in [0.3, 0.4) is 0 Å². The topological polar surface area (TPSA) is 64.4 Å². The van der Waals surface area contributed by atoms with E-state index in [1.807, 2.05) is 0 Å². The number of hydrogen-bond acceptors (Lipinski definition) is 3. The summed E-state index contributed by atoms with van der Waals surface area (Å²) in [5, 5.41) is 2.29. The van der Waals surface area contributed by atoms with E-state index in [-0.39, 0.29) is 24.4 Å². The Kier molecular flexibility index (Phi) is 5.11. The molecule has 106 valence electrons. The lowest BCUT2D eigenvalue weighted by Crippen LogP contribution is -2.29. The van der Waals surface area contributed by atoms with Gasteiger partial charge in [-0.2, -0.15) is 13.2 Å². The fourth-order valence-corrected chi connectivity index (χ4v) is 1.20. The van der Waals surface area contributed by atoms with Gasteiger partial charge < -0.3 is 15.8 Å². The van der Waals surface area contributed by atoms with Crippen molar-refractivity contribution in [3.63, 3.8) is 0 Å². The number of amides is 1. The highest BCUT2D eigenvalue weighted by Crippen LogP contribution is 2.14. The molecule has 0 fully saturated rings. The maximum Gasteiger partial charge on any atom is 0.411 e. The van der Waals surface area contributed by atoms with Gasteiger partial charge in [0.25, 0.3) is 5.91 Å². The lowest BCUT2D eigenvalue weighted by atomic mass is 10.2. The molecule has 0 radical (unpaired) electrons. The standard InChI is InChI=1S/C11H12F4N2O2/c12-8-5-7(1-2-9(8)16)10(18)17-3-4-19-6-11(13,14)15/h1-2,5H,3-4,6,16H2,(H,17,18). The molecule has 1 aromatic rings. The molecule has 0 bridgehead atoms. The summed E-state index contributed by atoms with van der Waals surface area (Å²) in [6.45, 7) is -1.77. The number of nitrogen functional groups attached to an aromatic ring is 1. The summed E-state index contributed by atoms with van der Waals surface area (Å²) in [5.74, 6) is -1.35. The Morgan fingerprint density at radius 1 is 1.37 bits per heavy atom. The molecule has 0 spiro atoms.